The van der Waals surface area contributed by atoms with Crippen LogP contribution >= 0.6 is 0 Å². The lowest BCUT2D eigenvalue weighted by Gasteiger charge is -2.20. The molecule has 0 spiro atoms. The molecular weight excluding hydrogens is 233 g/mol. The highest BCUT2D eigenvalue weighted by molar-refractivity contribution is 5.97. The van der Waals surface area contributed by atoms with Gasteiger partial charge in [0.05, 0.1) is 18.7 Å². The minimum atomic E-state index is -0.484. The van der Waals surface area contributed by atoms with Crippen molar-refractivity contribution in [3.05, 3.63) is 35.6 Å². The van der Waals surface area contributed by atoms with Gasteiger partial charge in [-0.1, -0.05) is 25.5 Å². The Morgan fingerprint density at radius 3 is 2.67 bits per heavy atom. The number of halogens is 1. The third kappa shape index (κ3) is 4.55. The van der Waals surface area contributed by atoms with Crippen molar-refractivity contribution in [1.29, 1.82) is 0 Å². The van der Waals surface area contributed by atoms with Gasteiger partial charge in [-0.25, -0.2) is 4.39 Å². The second kappa shape index (κ2) is 7.95. The van der Waals surface area contributed by atoms with Crippen LogP contribution in [0.5, 0.6) is 0 Å². The van der Waals surface area contributed by atoms with E-state index in [9.17, 15) is 9.18 Å². The van der Waals surface area contributed by atoms with Gasteiger partial charge in [-0.15, -0.1) is 0 Å². The van der Waals surface area contributed by atoms with E-state index in [0.29, 0.717) is 6.54 Å². The van der Waals surface area contributed by atoms with E-state index in [2.05, 4.69) is 6.92 Å². The van der Waals surface area contributed by atoms with Crippen LogP contribution in [0, 0.1) is 5.82 Å². The van der Waals surface area contributed by atoms with Crippen molar-refractivity contribution in [3.63, 3.8) is 0 Å². The number of benzene rings is 1. The second-order valence-electron chi connectivity index (χ2n) is 4.26. The third-order valence-corrected chi connectivity index (χ3v) is 2.79. The van der Waals surface area contributed by atoms with Gasteiger partial charge in [0.1, 0.15) is 5.82 Å². The first-order valence-corrected chi connectivity index (χ1v) is 6.30. The van der Waals surface area contributed by atoms with Gasteiger partial charge in [-0.05, 0) is 25.1 Å². The molecule has 0 unspecified atom stereocenters. The lowest BCUT2D eigenvalue weighted by atomic mass is 10.1. The molecule has 0 bridgehead atoms. The van der Waals surface area contributed by atoms with E-state index < -0.39 is 5.82 Å². The van der Waals surface area contributed by atoms with E-state index in [0.717, 1.165) is 19.4 Å². The van der Waals surface area contributed by atoms with Crippen molar-refractivity contribution in [3.8, 4) is 0 Å². The van der Waals surface area contributed by atoms with Gasteiger partial charge in [0.2, 0.25) is 0 Å². The monoisotopic (exact) mass is 253 g/mol. The number of carbonyl (C=O) groups excluding carboxylic acids is 1. The molecular formula is C14H20FNO2. The molecule has 0 saturated heterocycles. The topological polar surface area (TPSA) is 40.5 Å². The second-order valence-corrected chi connectivity index (χ2v) is 4.26. The molecule has 0 aliphatic heterocycles. The SMILES string of the molecule is CCCCN(CCO)CC(=O)c1ccccc1F. The van der Waals surface area contributed by atoms with Crippen LogP contribution in [0.1, 0.15) is 30.1 Å². The molecule has 0 radical (unpaired) electrons. The third-order valence-electron chi connectivity index (χ3n) is 2.79. The van der Waals surface area contributed by atoms with Crippen molar-refractivity contribution in [2.75, 3.05) is 26.2 Å². The van der Waals surface area contributed by atoms with Crippen LogP contribution in [0.3, 0.4) is 0 Å². The van der Waals surface area contributed by atoms with Gasteiger partial charge >= 0.3 is 0 Å². The fourth-order valence-corrected chi connectivity index (χ4v) is 1.77. The standard InChI is InChI=1S/C14H20FNO2/c1-2-3-8-16(9-10-17)11-14(18)12-6-4-5-7-13(12)15/h4-7,17H,2-3,8-11H2,1H3. The van der Waals surface area contributed by atoms with Crippen LogP contribution in [0.4, 0.5) is 4.39 Å². The van der Waals surface area contributed by atoms with Crippen LogP contribution in [-0.4, -0.2) is 42.0 Å². The largest absolute Gasteiger partial charge is 0.395 e. The predicted molar refractivity (Wildman–Crippen MR) is 69.2 cm³/mol. The number of aliphatic hydroxyl groups is 1. The number of carbonyl (C=O) groups is 1. The highest BCUT2D eigenvalue weighted by atomic mass is 19.1. The zero-order valence-corrected chi connectivity index (χ0v) is 10.7. The van der Waals surface area contributed by atoms with Crippen molar-refractivity contribution < 1.29 is 14.3 Å². The average molecular weight is 253 g/mol. The summed E-state index contributed by atoms with van der Waals surface area (Å²) in [5.41, 5.74) is 0.122. The molecule has 0 aliphatic rings. The van der Waals surface area contributed by atoms with Gasteiger partial charge in [0, 0.05) is 6.54 Å². The van der Waals surface area contributed by atoms with E-state index >= 15 is 0 Å². The molecule has 0 aromatic heterocycles. The molecule has 1 rings (SSSR count). The van der Waals surface area contributed by atoms with Crippen LogP contribution in [-0.2, 0) is 0 Å². The first kappa shape index (κ1) is 14.8. The highest BCUT2D eigenvalue weighted by Gasteiger charge is 2.14. The highest BCUT2D eigenvalue weighted by Crippen LogP contribution is 2.08. The molecule has 3 nitrogen and oxygen atoms in total. The molecule has 0 aliphatic carbocycles. The Bertz CT molecular complexity index is 382. The predicted octanol–water partition coefficient (Wildman–Crippen LogP) is 2.10. The average Bonchev–Trinajstić information content (AvgIpc) is 2.36. The summed E-state index contributed by atoms with van der Waals surface area (Å²) in [6.07, 6.45) is 1.99. The quantitative estimate of drug-likeness (QED) is 0.721. The summed E-state index contributed by atoms with van der Waals surface area (Å²) < 4.78 is 13.4. The van der Waals surface area contributed by atoms with E-state index in [1.165, 1.54) is 12.1 Å². The molecule has 0 atom stereocenters. The number of nitrogens with zero attached hydrogens (tertiary/aromatic N) is 1. The van der Waals surface area contributed by atoms with Gasteiger partial charge in [-0.3, -0.25) is 9.69 Å². The van der Waals surface area contributed by atoms with Crippen molar-refractivity contribution in [1.82, 2.24) is 4.90 Å². The number of hydrogen-bond donors (Lipinski definition) is 1. The number of rotatable bonds is 8. The van der Waals surface area contributed by atoms with Crippen LogP contribution in [0.25, 0.3) is 0 Å². The Morgan fingerprint density at radius 1 is 1.33 bits per heavy atom. The Labute approximate surface area is 107 Å². The molecule has 0 amide bonds. The minimum absolute atomic E-state index is 0.00820. The van der Waals surface area contributed by atoms with Gasteiger partial charge < -0.3 is 5.11 Å². The number of hydrogen-bond acceptors (Lipinski definition) is 3. The number of aliphatic hydroxyl groups excluding tert-OH is 1. The normalized spacial score (nSPS) is 10.9. The molecule has 1 aromatic carbocycles. The van der Waals surface area contributed by atoms with E-state index in [1.807, 2.05) is 4.90 Å². The first-order valence-electron chi connectivity index (χ1n) is 6.30. The first-order chi connectivity index (χ1) is 8.69. The summed E-state index contributed by atoms with van der Waals surface area (Å²) in [5, 5.41) is 8.95. The molecule has 0 heterocycles. The zero-order chi connectivity index (χ0) is 13.4. The molecule has 0 fully saturated rings. The van der Waals surface area contributed by atoms with Gasteiger partial charge in [-0.2, -0.15) is 0 Å². The summed E-state index contributed by atoms with van der Waals surface area (Å²) in [4.78, 5) is 13.8. The summed E-state index contributed by atoms with van der Waals surface area (Å²) in [6.45, 7) is 3.42. The lowest BCUT2D eigenvalue weighted by molar-refractivity contribution is 0.0909. The fourth-order valence-electron chi connectivity index (χ4n) is 1.77. The van der Waals surface area contributed by atoms with Crippen molar-refractivity contribution in [2.45, 2.75) is 19.8 Å². The fraction of sp³-hybridized carbons (Fsp3) is 0.500. The van der Waals surface area contributed by atoms with Crippen LogP contribution in [0.2, 0.25) is 0 Å². The maximum atomic E-state index is 13.4. The van der Waals surface area contributed by atoms with E-state index in [-0.39, 0.29) is 24.5 Å². The lowest BCUT2D eigenvalue weighted by Crippen LogP contribution is -2.33. The molecule has 1 aromatic rings. The molecule has 0 saturated carbocycles. The Balaban J connectivity index is 2.63. The molecule has 4 heteroatoms. The Hall–Kier alpha value is -1.26. The zero-order valence-electron chi connectivity index (χ0n) is 10.7. The van der Waals surface area contributed by atoms with Gasteiger partial charge in [0.15, 0.2) is 5.78 Å². The summed E-state index contributed by atoms with van der Waals surface area (Å²) in [6, 6.07) is 6.00. The van der Waals surface area contributed by atoms with E-state index in [1.54, 1.807) is 12.1 Å². The maximum Gasteiger partial charge on any atom is 0.179 e. The van der Waals surface area contributed by atoms with Gasteiger partial charge in [0.25, 0.3) is 0 Å². The Morgan fingerprint density at radius 2 is 2.06 bits per heavy atom. The summed E-state index contributed by atoms with van der Waals surface area (Å²) in [7, 11) is 0. The number of unbranched alkanes of at least 4 members (excludes halogenated alkanes) is 1. The van der Waals surface area contributed by atoms with E-state index in [4.69, 9.17) is 5.11 Å². The molecule has 100 valence electrons. The number of Topliss-reactive ketones (excluding diaryl/α,β-unsaturated/α-hetero) is 1. The molecule has 1 N–H and O–H groups in total. The van der Waals surface area contributed by atoms with Crippen molar-refractivity contribution >= 4 is 5.78 Å². The summed E-state index contributed by atoms with van der Waals surface area (Å²) in [5.74, 6) is -0.723. The number of ketones is 1. The summed E-state index contributed by atoms with van der Waals surface area (Å²) >= 11 is 0. The van der Waals surface area contributed by atoms with Crippen LogP contribution in [0.15, 0.2) is 24.3 Å². The maximum absolute atomic E-state index is 13.4. The minimum Gasteiger partial charge on any atom is -0.395 e. The Kier molecular flexibility index (Phi) is 6.54. The van der Waals surface area contributed by atoms with Crippen molar-refractivity contribution in [2.24, 2.45) is 0 Å². The van der Waals surface area contributed by atoms with Crippen LogP contribution < -0.4 is 0 Å². The smallest absolute Gasteiger partial charge is 0.179 e. The molecule has 18 heavy (non-hydrogen) atoms.